The third-order valence-corrected chi connectivity index (χ3v) is 5.34. The van der Waals surface area contributed by atoms with E-state index in [1.165, 1.54) is 23.5 Å². The number of hydrogen-bond acceptors (Lipinski definition) is 5. The molecule has 4 aromatic rings. The van der Waals surface area contributed by atoms with Crippen molar-refractivity contribution >= 4 is 21.6 Å². The Morgan fingerprint density at radius 2 is 1.82 bits per heavy atom. The van der Waals surface area contributed by atoms with Crippen LogP contribution in [-0.4, -0.2) is 24.2 Å². The fraction of sp³-hybridized carbons (Fsp3) is 0.143. The summed E-state index contributed by atoms with van der Waals surface area (Å²) in [6, 6.07) is 11.7. The van der Waals surface area contributed by atoms with Gasteiger partial charge in [0, 0.05) is 17.4 Å². The summed E-state index contributed by atoms with van der Waals surface area (Å²) in [4.78, 5) is 20.9. The molecule has 0 amide bonds. The summed E-state index contributed by atoms with van der Waals surface area (Å²) in [6.45, 7) is 0. The predicted octanol–water partition coefficient (Wildman–Crippen LogP) is 4.40. The summed E-state index contributed by atoms with van der Waals surface area (Å²) in [7, 11) is 3.16. The normalized spacial score (nSPS) is 11.0. The molecule has 0 saturated heterocycles. The topological polar surface area (TPSA) is 64.2 Å². The van der Waals surface area contributed by atoms with Crippen molar-refractivity contribution in [3.63, 3.8) is 0 Å². The van der Waals surface area contributed by atoms with Crippen molar-refractivity contribution in [3.05, 3.63) is 75.4 Å². The summed E-state index contributed by atoms with van der Waals surface area (Å²) in [5.74, 6) is 1.52. The average Bonchev–Trinajstić information content (AvgIpc) is 3.13. The first-order valence-corrected chi connectivity index (χ1v) is 9.44. The molecule has 0 aliphatic rings. The molecule has 5 nitrogen and oxygen atoms in total. The second kappa shape index (κ2) is 7.44. The number of H-pyrrole nitrogens is 1. The minimum absolute atomic E-state index is 0.207. The van der Waals surface area contributed by atoms with Crippen molar-refractivity contribution in [2.24, 2.45) is 0 Å². The quantitative estimate of drug-likeness (QED) is 0.543. The predicted molar refractivity (Wildman–Crippen MR) is 108 cm³/mol. The summed E-state index contributed by atoms with van der Waals surface area (Å²) in [5, 5.41) is 2.40. The maximum atomic E-state index is 13.2. The number of thiophene rings is 1. The zero-order valence-corrected chi connectivity index (χ0v) is 16.1. The highest BCUT2D eigenvalue weighted by Gasteiger charge is 2.14. The van der Waals surface area contributed by atoms with Gasteiger partial charge in [0.25, 0.3) is 5.56 Å². The Bertz CT molecular complexity index is 1200. The molecule has 0 spiro atoms. The Hall–Kier alpha value is -3.19. The summed E-state index contributed by atoms with van der Waals surface area (Å²) < 4.78 is 23.8. The maximum absolute atomic E-state index is 13.2. The van der Waals surface area contributed by atoms with E-state index in [-0.39, 0.29) is 11.4 Å². The summed E-state index contributed by atoms with van der Waals surface area (Å²) >= 11 is 1.40. The third kappa shape index (κ3) is 3.36. The Kier molecular flexibility index (Phi) is 4.83. The van der Waals surface area contributed by atoms with E-state index >= 15 is 0 Å². The summed E-state index contributed by atoms with van der Waals surface area (Å²) in [6.07, 6.45) is 0.454. The van der Waals surface area contributed by atoms with E-state index in [0.29, 0.717) is 34.0 Å². The largest absolute Gasteiger partial charge is 0.493 e. The molecule has 4 rings (SSSR count). The Morgan fingerprint density at radius 1 is 1.07 bits per heavy atom. The van der Waals surface area contributed by atoms with Gasteiger partial charge in [-0.2, -0.15) is 0 Å². The summed E-state index contributed by atoms with van der Waals surface area (Å²) in [5.41, 5.74) is 2.27. The van der Waals surface area contributed by atoms with Gasteiger partial charge in [0.05, 0.1) is 19.6 Å². The molecule has 0 bridgehead atoms. The fourth-order valence-electron chi connectivity index (χ4n) is 3.10. The Balaban J connectivity index is 1.71. The molecule has 28 heavy (non-hydrogen) atoms. The van der Waals surface area contributed by atoms with E-state index in [1.807, 2.05) is 23.6 Å². The third-order valence-electron chi connectivity index (χ3n) is 4.47. The lowest BCUT2D eigenvalue weighted by molar-refractivity contribution is 0.354. The fourth-order valence-corrected chi connectivity index (χ4v) is 4.07. The van der Waals surface area contributed by atoms with Crippen LogP contribution in [0.2, 0.25) is 0 Å². The highest BCUT2D eigenvalue weighted by molar-refractivity contribution is 7.17. The lowest BCUT2D eigenvalue weighted by Crippen LogP contribution is -2.11. The van der Waals surface area contributed by atoms with Gasteiger partial charge in [0.15, 0.2) is 11.5 Å². The highest BCUT2D eigenvalue weighted by atomic mass is 32.1. The number of methoxy groups -OCH3 is 2. The minimum Gasteiger partial charge on any atom is -0.493 e. The lowest BCUT2D eigenvalue weighted by atomic mass is 10.1. The van der Waals surface area contributed by atoms with Gasteiger partial charge in [-0.1, -0.05) is 18.2 Å². The van der Waals surface area contributed by atoms with Gasteiger partial charge in [0.2, 0.25) is 0 Å². The van der Waals surface area contributed by atoms with E-state index in [1.54, 1.807) is 26.4 Å². The first kappa shape index (κ1) is 18.2. The van der Waals surface area contributed by atoms with Crippen LogP contribution < -0.4 is 15.0 Å². The number of ether oxygens (including phenoxy) is 2. The molecule has 0 fully saturated rings. The molecule has 0 radical (unpaired) electrons. The van der Waals surface area contributed by atoms with Crippen molar-refractivity contribution in [2.75, 3.05) is 14.2 Å². The van der Waals surface area contributed by atoms with Crippen LogP contribution in [0.15, 0.2) is 52.6 Å². The minimum atomic E-state index is -0.312. The number of nitrogens with zero attached hydrogens (tertiary/aromatic N) is 1. The molecule has 2 heterocycles. The molecule has 0 aliphatic carbocycles. The molecule has 0 saturated carbocycles. The van der Waals surface area contributed by atoms with Crippen molar-refractivity contribution < 1.29 is 13.9 Å². The van der Waals surface area contributed by atoms with Crippen molar-refractivity contribution in [1.29, 1.82) is 0 Å². The standard InChI is InChI=1S/C21H17FN2O3S/c1-26-16-8-3-12(9-17(16)27-2)10-18-23-20(25)19-15(11-28-21(19)24-18)13-4-6-14(22)7-5-13/h3-9,11H,10H2,1-2H3,(H,23,24,25). The van der Waals surface area contributed by atoms with Crippen molar-refractivity contribution in [3.8, 4) is 22.6 Å². The van der Waals surface area contributed by atoms with Crippen molar-refractivity contribution in [2.45, 2.75) is 6.42 Å². The van der Waals surface area contributed by atoms with Crippen LogP contribution in [0.1, 0.15) is 11.4 Å². The number of fused-ring (bicyclic) bond motifs is 1. The van der Waals surface area contributed by atoms with Gasteiger partial charge < -0.3 is 14.5 Å². The smallest absolute Gasteiger partial charge is 0.260 e. The van der Waals surface area contributed by atoms with Gasteiger partial charge >= 0.3 is 0 Å². The second-order valence-electron chi connectivity index (χ2n) is 6.22. The SMILES string of the molecule is COc1ccc(Cc2nc3scc(-c4ccc(F)cc4)c3c(=O)[nH]2)cc1OC. The molecule has 7 heteroatoms. The van der Waals surface area contributed by atoms with Gasteiger partial charge in [-0.3, -0.25) is 4.79 Å². The molecular formula is C21H17FN2O3S. The number of hydrogen-bond donors (Lipinski definition) is 1. The molecule has 0 unspecified atom stereocenters. The zero-order valence-electron chi connectivity index (χ0n) is 15.3. The number of benzene rings is 2. The number of nitrogens with one attached hydrogen (secondary N) is 1. The van der Waals surface area contributed by atoms with E-state index < -0.39 is 0 Å². The Morgan fingerprint density at radius 3 is 2.54 bits per heavy atom. The van der Waals surface area contributed by atoms with E-state index in [4.69, 9.17) is 9.47 Å². The first-order valence-electron chi connectivity index (χ1n) is 8.56. The number of aromatic nitrogens is 2. The van der Waals surface area contributed by atoms with E-state index in [2.05, 4.69) is 9.97 Å². The monoisotopic (exact) mass is 396 g/mol. The number of aromatic amines is 1. The van der Waals surface area contributed by atoms with Crippen LogP contribution in [0, 0.1) is 5.82 Å². The first-order chi connectivity index (χ1) is 13.6. The highest BCUT2D eigenvalue weighted by Crippen LogP contribution is 2.31. The number of halogens is 1. The molecule has 0 atom stereocenters. The van der Waals surface area contributed by atoms with Crippen LogP contribution in [-0.2, 0) is 6.42 Å². The van der Waals surface area contributed by atoms with E-state index in [9.17, 15) is 9.18 Å². The lowest BCUT2D eigenvalue weighted by Gasteiger charge is -2.09. The van der Waals surface area contributed by atoms with Gasteiger partial charge in [0.1, 0.15) is 16.5 Å². The van der Waals surface area contributed by atoms with Crippen LogP contribution in [0.4, 0.5) is 4.39 Å². The van der Waals surface area contributed by atoms with Crippen molar-refractivity contribution in [1.82, 2.24) is 9.97 Å². The molecular weight excluding hydrogens is 379 g/mol. The van der Waals surface area contributed by atoms with Crippen LogP contribution in [0.25, 0.3) is 21.3 Å². The van der Waals surface area contributed by atoms with E-state index in [0.717, 1.165) is 16.7 Å². The average molecular weight is 396 g/mol. The van der Waals surface area contributed by atoms with Crippen LogP contribution in [0.5, 0.6) is 11.5 Å². The van der Waals surface area contributed by atoms with Gasteiger partial charge in [-0.05, 0) is 35.4 Å². The van der Waals surface area contributed by atoms with Crippen LogP contribution >= 0.6 is 11.3 Å². The Labute approximate surface area is 164 Å². The maximum Gasteiger partial charge on any atom is 0.260 e. The number of rotatable bonds is 5. The van der Waals surface area contributed by atoms with Gasteiger partial charge in [-0.25, -0.2) is 9.37 Å². The molecule has 0 aliphatic heterocycles. The molecule has 142 valence electrons. The zero-order chi connectivity index (χ0) is 19.7. The molecule has 1 N–H and O–H groups in total. The van der Waals surface area contributed by atoms with Crippen LogP contribution in [0.3, 0.4) is 0 Å². The molecule has 2 aromatic heterocycles. The second-order valence-corrected chi connectivity index (χ2v) is 7.07. The van der Waals surface area contributed by atoms with Gasteiger partial charge in [-0.15, -0.1) is 11.3 Å². The molecule has 2 aromatic carbocycles.